The van der Waals surface area contributed by atoms with Crippen molar-refractivity contribution in [2.45, 2.75) is 26.3 Å². The molecular weight excluding hydrogens is 404 g/mol. The number of pyridine rings is 1. The van der Waals surface area contributed by atoms with Crippen molar-refractivity contribution in [3.8, 4) is 0 Å². The van der Waals surface area contributed by atoms with E-state index in [4.69, 9.17) is 0 Å². The maximum Gasteiger partial charge on any atom is 0.295 e. The SMILES string of the molecule is Cc1ccc(C2C(=C(O)c3c(C)nc4ccccn34)C(=O)C(=O)N2CCC[NH+](C)C)cc1. The number of aliphatic hydroxyl groups excluding tert-OH is 1. The van der Waals surface area contributed by atoms with E-state index in [1.807, 2.05) is 49.4 Å². The first kappa shape index (κ1) is 21.8. The van der Waals surface area contributed by atoms with Gasteiger partial charge in [-0.25, -0.2) is 4.98 Å². The maximum atomic E-state index is 13.2. The van der Waals surface area contributed by atoms with E-state index >= 15 is 0 Å². The molecule has 1 amide bonds. The minimum Gasteiger partial charge on any atom is -0.505 e. The molecule has 4 rings (SSSR count). The Morgan fingerprint density at radius 3 is 2.50 bits per heavy atom. The molecule has 0 radical (unpaired) electrons. The van der Waals surface area contributed by atoms with Gasteiger partial charge in [0.2, 0.25) is 0 Å². The van der Waals surface area contributed by atoms with Gasteiger partial charge in [-0.1, -0.05) is 35.9 Å². The minimum absolute atomic E-state index is 0.116. The number of quaternary nitrogens is 1. The molecule has 1 saturated heterocycles. The lowest BCUT2D eigenvalue weighted by Crippen LogP contribution is -3.05. The lowest BCUT2D eigenvalue weighted by atomic mass is 9.95. The molecule has 166 valence electrons. The summed E-state index contributed by atoms with van der Waals surface area (Å²) in [6, 6.07) is 12.7. The Bertz CT molecular complexity index is 1210. The third kappa shape index (κ3) is 3.80. The van der Waals surface area contributed by atoms with Crippen LogP contribution in [0.3, 0.4) is 0 Å². The highest BCUT2D eigenvalue weighted by Gasteiger charge is 2.46. The zero-order valence-corrected chi connectivity index (χ0v) is 18.9. The molecule has 1 aliphatic heterocycles. The van der Waals surface area contributed by atoms with Crippen molar-refractivity contribution in [3.05, 3.63) is 76.7 Å². The Labute approximate surface area is 187 Å². The summed E-state index contributed by atoms with van der Waals surface area (Å²) in [6.45, 7) is 5.09. The van der Waals surface area contributed by atoms with E-state index in [0.29, 0.717) is 23.6 Å². The van der Waals surface area contributed by atoms with E-state index in [9.17, 15) is 14.7 Å². The van der Waals surface area contributed by atoms with Crippen LogP contribution in [0.4, 0.5) is 0 Å². The van der Waals surface area contributed by atoms with Crippen molar-refractivity contribution in [1.82, 2.24) is 14.3 Å². The van der Waals surface area contributed by atoms with Crippen LogP contribution >= 0.6 is 0 Å². The Morgan fingerprint density at radius 1 is 1.09 bits per heavy atom. The Hall–Kier alpha value is -3.45. The van der Waals surface area contributed by atoms with Gasteiger partial charge >= 0.3 is 0 Å². The molecule has 7 heteroatoms. The summed E-state index contributed by atoms with van der Waals surface area (Å²) in [5.41, 5.74) is 3.71. The number of hydrogen-bond donors (Lipinski definition) is 2. The number of rotatable bonds is 6. The second kappa shape index (κ2) is 8.59. The summed E-state index contributed by atoms with van der Waals surface area (Å²) in [5, 5.41) is 11.4. The van der Waals surface area contributed by atoms with Crippen LogP contribution in [-0.4, -0.2) is 58.3 Å². The summed E-state index contributed by atoms with van der Waals surface area (Å²) in [6.07, 6.45) is 2.55. The Kier molecular flexibility index (Phi) is 5.84. The third-order valence-corrected chi connectivity index (χ3v) is 5.94. The monoisotopic (exact) mass is 433 g/mol. The maximum absolute atomic E-state index is 13.2. The van der Waals surface area contributed by atoms with Gasteiger partial charge in [0, 0.05) is 19.2 Å². The van der Waals surface area contributed by atoms with Crippen molar-refractivity contribution < 1.29 is 19.6 Å². The predicted octanol–water partition coefficient (Wildman–Crippen LogP) is 1.91. The molecule has 1 atom stereocenters. The zero-order valence-electron chi connectivity index (χ0n) is 18.9. The first-order valence-corrected chi connectivity index (χ1v) is 10.9. The van der Waals surface area contributed by atoms with Crippen molar-refractivity contribution in [2.24, 2.45) is 0 Å². The molecule has 1 fully saturated rings. The molecule has 3 aromatic rings. The van der Waals surface area contributed by atoms with E-state index in [0.717, 1.165) is 24.1 Å². The molecule has 2 aromatic heterocycles. The van der Waals surface area contributed by atoms with Gasteiger partial charge < -0.3 is 14.9 Å². The van der Waals surface area contributed by atoms with Gasteiger partial charge in [-0.2, -0.15) is 0 Å². The number of benzene rings is 1. The van der Waals surface area contributed by atoms with Gasteiger partial charge in [0.15, 0.2) is 5.76 Å². The fourth-order valence-electron chi connectivity index (χ4n) is 4.34. The quantitative estimate of drug-likeness (QED) is 0.354. The molecule has 1 aliphatic rings. The normalized spacial score (nSPS) is 18.3. The largest absolute Gasteiger partial charge is 0.505 e. The van der Waals surface area contributed by atoms with Crippen molar-refractivity contribution in [3.63, 3.8) is 0 Å². The van der Waals surface area contributed by atoms with Crippen LogP contribution < -0.4 is 4.90 Å². The van der Waals surface area contributed by atoms with Crippen LogP contribution in [0, 0.1) is 13.8 Å². The number of nitrogens with zero attached hydrogens (tertiary/aromatic N) is 3. The van der Waals surface area contributed by atoms with Crippen LogP contribution in [0.2, 0.25) is 0 Å². The summed E-state index contributed by atoms with van der Waals surface area (Å²) in [5.74, 6) is -1.42. The molecule has 32 heavy (non-hydrogen) atoms. The number of ketones is 1. The van der Waals surface area contributed by atoms with Crippen LogP contribution in [0.25, 0.3) is 11.4 Å². The molecular formula is C25H29N4O3+. The summed E-state index contributed by atoms with van der Waals surface area (Å²) >= 11 is 0. The number of carbonyl (C=O) groups is 2. The van der Waals surface area contributed by atoms with Crippen LogP contribution in [-0.2, 0) is 9.59 Å². The predicted molar refractivity (Wildman–Crippen MR) is 122 cm³/mol. The highest BCUT2D eigenvalue weighted by Crippen LogP contribution is 2.40. The average Bonchev–Trinajstić information content (AvgIpc) is 3.22. The van der Waals surface area contributed by atoms with Gasteiger partial charge in [0.1, 0.15) is 11.3 Å². The molecule has 3 heterocycles. The minimum atomic E-state index is -0.657. The number of aromatic nitrogens is 2. The number of imidazole rings is 1. The van der Waals surface area contributed by atoms with Crippen LogP contribution in [0.1, 0.15) is 35.0 Å². The Morgan fingerprint density at radius 2 is 1.81 bits per heavy atom. The van der Waals surface area contributed by atoms with E-state index in [1.165, 1.54) is 4.90 Å². The number of hydrogen-bond acceptors (Lipinski definition) is 4. The van der Waals surface area contributed by atoms with Gasteiger partial charge in [-0.05, 0) is 31.5 Å². The lowest BCUT2D eigenvalue weighted by Gasteiger charge is -2.25. The number of aryl methyl sites for hydroxylation is 2. The number of amides is 1. The molecule has 0 bridgehead atoms. The second-order valence-corrected chi connectivity index (χ2v) is 8.69. The third-order valence-electron chi connectivity index (χ3n) is 5.94. The number of likely N-dealkylation sites (tertiary alicyclic amines) is 1. The lowest BCUT2D eigenvalue weighted by molar-refractivity contribution is -0.858. The summed E-state index contributed by atoms with van der Waals surface area (Å²) < 4.78 is 1.75. The zero-order chi connectivity index (χ0) is 23.0. The second-order valence-electron chi connectivity index (χ2n) is 8.69. The summed E-state index contributed by atoms with van der Waals surface area (Å²) in [4.78, 5) is 33.6. The molecule has 2 N–H and O–H groups in total. The number of aliphatic hydroxyl groups is 1. The smallest absolute Gasteiger partial charge is 0.295 e. The Balaban J connectivity index is 1.87. The van der Waals surface area contributed by atoms with E-state index in [2.05, 4.69) is 19.1 Å². The fourth-order valence-corrected chi connectivity index (χ4v) is 4.34. The summed E-state index contributed by atoms with van der Waals surface area (Å²) in [7, 11) is 4.11. The number of carbonyl (C=O) groups excluding carboxylic acids is 2. The van der Waals surface area contributed by atoms with Crippen molar-refractivity contribution in [1.29, 1.82) is 0 Å². The van der Waals surface area contributed by atoms with Crippen molar-refractivity contribution >= 4 is 23.1 Å². The average molecular weight is 434 g/mol. The fraction of sp³-hybridized carbons (Fsp3) is 0.320. The number of nitrogens with one attached hydrogen (secondary N) is 1. The first-order valence-electron chi connectivity index (χ1n) is 10.9. The van der Waals surface area contributed by atoms with Gasteiger partial charge in [-0.3, -0.25) is 14.0 Å². The molecule has 1 unspecified atom stereocenters. The van der Waals surface area contributed by atoms with Gasteiger partial charge in [0.25, 0.3) is 11.7 Å². The first-order chi connectivity index (χ1) is 15.3. The standard InChI is InChI=1S/C25H28N4O3/c1-16-9-11-18(12-10-16)22-20(24(31)25(32)29(22)15-7-13-27(3)4)23(30)21-17(2)26-19-8-5-6-14-28(19)21/h5-6,8-12,14,22,30H,7,13,15H2,1-4H3/p+1. The molecule has 0 saturated carbocycles. The molecule has 1 aromatic carbocycles. The van der Waals surface area contributed by atoms with Crippen LogP contribution in [0.15, 0.2) is 54.2 Å². The van der Waals surface area contributed by atoms with Gasteiger partial charge in [-0.15, -0.1) is 0 Å². The number of fused-ring (bicyclic) bond motifs is 1. The molecule has 0 aliphatic carbocycles. The topological polar surface area (TPSA) is 79.3 Å². The van der Waals surface area contributed by atoms with E-state index < -0.39 is 17.7 Å². The van der Waals surface area contributed by atoms with E-state index in [1.54, 1.807) is 22.4 Å². The van der Waals surface area contributed by atoms with Crippen molar-refractivity contribution in [2.75, 3.05) is 27.2 Å². The number of Topliss-reactive ketones (excluding diaryl/α,β-unsaturated/α-hetero) is 1. The van der Waals surface area contributed by atoms with Gasteiger partial charge in [0.05, 0.1) is 37.9 Å². The highest BCUT2D eigenvalue weighted by molar-refractivity contribution is 6.46. The van der Waals surface area contributed by atoms with Crippen LogP contribution in [0.5, 0.6) is 0 Å². The molecule has 0 spiro atoms. The highest BCUT2D eigenvalue weighted by atomic mass is 16.3. The van der Waals surface area contributed by atoms with E-state index in [-0.39, 0.29) is 11.3 Å². The molecule has 7 nitrogen and oxygen atoms in total.